The van der Waals surface area contributed by atoms with Crippen molar-refractivity contribution in [2.24, 2.45) is 0 Å². The van der Waals surface area contributed by atoms with E-state index in [9.17, 15) is 0 Å². The topological polar surface area (TPSA) is 62.7 Å². The van der Waals surface area contributed by atoms with Gasteiger partial charge in [0.05, 0.1) is 6.20 Å². The van der Waals surface area contributed by atoms with Gasteiger partial charge in [0.25, 0.3) is 0 Å². The van der Waals surface area contributed by atoms with Gasteiger partial charge in [-0.3, -0.25) is 0 Å². The largest absolute Gasteiger partial charge is 0.369 e. The number of hydrogen-bond acceptors (Lipinski definition) is 5. The molecule has 0 bridgehead atoms. The van der Waals surface area contributed by atoms with Crippen LogP contribution in [0, 0.1) is 0 Å². The van der Waals surface area contributed by atoms with E-state index < -0.39 is 0 Å². The molecule has 0 aliphatic rings. The summed E-state index contributed by atoms with van der Waals surface area (Å²) in [6, 6.07) is 7.82. The minimum atomic E-state index is 0.542. The van der Waals surface area contributed by atoms with Gasteiger partial charge >= 0.3 is 0 Å². The zero-order valence-electron chi connectivity index (χ0n) is 11.4. The van der Waals surface area contributed by atoms with E-state index in [1.165, 1.54) is 5.56 Å². The Morgan fingerprint density at radius 2 is 1.90 bits per heavy atom. The number of nitrogens with zero attached hydrogens (tertiary/aromatic N) is 3. The molecule has 106 valence electrons. The van der Waals surface area contributed by atoms with E-state index in [2.05, 4.69) is 32.7 Å². The van der Waals surface area contributed by atoms with Crippen molar-refractivity contribution in [2.45, 2.75) is 19.8 Å². The highest BCUT2D eigenvalue weighted by Crippen LogP contribution is 2.10. The van der Waals surface area contributed by atoms with Crippen LogP contribution in [0.5, 0.6) is 0 Å². The third-order valence-electron chi connectivity index (χ3n) is 2.72. The van der Waals surface area contributed by atoms with Gasteiger partial charge in [-0.1, -0.05) is 30.7 Å². The van der Waals surface area contributed by atoms with Crippen molar-refractivity contribution in [2.75, 3.05) is 23.7 Å². The van der Waals surface area contributed by atoms with Gasteiger partial charge in [-0.15, -0.1) is 5.10 Å². The second-order valence-corrected chi connectivity index (χ2v) is 4.83. The van der Waals surface area contributed by atoms with Crippen LogP contribution in [0.1, 0.15) is 18.9 Å². The molecule has 20 heavy (non-hydrogen) atoms. The van der Waals surface area contributed by atoms with Crippen LogP contribution in [0.2, 0.25) is 5.02 Å². The summed E-state index contributed by atoms with van der Waals surface area (Å²) in [6.07, 6.45) is 3.55. The SMILES string of the molecule is CCCNc1cnnc(NCCc2ccc(Cl)cc2)n1. The van der Waals surface area contributed by atoms with E-state index in [-0.39, 0.29) is 0 Å². The molecule has 0 saturated heterocycles. The Labute approximate surface area is 123 Å². The highest BCUT2D eigenvalue weighted by atomic mass is 35.5. The number of rotatable bonds is 7. The van der Waals surface area contributed by atoms with Gasteiger partial charge < -0.3 is 10.6 Å². The lowest BCUT2D eigenvalue weighted by atomic mass is 10.1. The molecule has 2 aromatic rings. The zero-order chi connectivity index (χ0) is 14.2. The van der Waals surface area contributed by atoms with Crippen molar-refractivity contribution in [3.05, 3.63) is 41.0 Å². The first-order valence-corrected chi connectivity index (χ1v) is 7.07. The Morgan fingerprint density at radius 1 is 1.10 bits per heavy atom. The van der Waals surface area contributed by atoms with Gasteiger partial charge in [-0.25, -0.2) is 0 Å². The van der Waals surface area contributed by atoms with Crippen molar-refractivity contribution in [1.82, 2.24) is 15.2 Å². The number of halogens is 1. The summed E-state index contributed by atoms with van der Waals surface area (Å²) in [7, 11) is 0. The first-order valence-electron chi connectivity index (χ1n) is 6.70. The first kappa shape index (κ1) is 14.5. The van der Waals surface area contributed by atoms with Crippen LogP contribution in [-0.4, -0.2) is 28.3 Å². The van der Waals surface area contributed by atoms with Crippen molar-refractivity contribution >= 4 is 23.4 Å². The van der Waals surface area contributed by atoms with Gasteiger partial charge in [0.1, 0.15) is 5.82 Å². The molecular weight excluding hydrogens is 274 g/mol. The Morgan fingerprint density at radius 3 is 2.65 bits per heavy atom. The van der Waals surface area contributed by atoms with Crippen LogP contribution in [0.25, 0.3) is 0 Å². The fourth-order valence-corrected chi connectivity index (χ4v) is 1.81. The molecule has 0 atom stereocenters. The zero-order valence-corrected chi connectivity index (χ0v) is 12.2. The predicted molar refractivity (Wildman–Crippen MR) is 82.3 cm³/mol. The molecule has 5 nitrogen and oxygen atoms in total. The van der Waals surface area contributed by atoms with Crippen molar-refractivity contribution in [3.8, 4) is 0 Å². The maximum absolute atomic E-state index is 5.85. The molecule has 1 aromatic heterocycles. The molecule has 6 heteroatoms. The summed E-state index contributed by atoms with van der Waals surface area (Å²) < 4.78 is 0. The van der Waals surface area contributed by atoms with E-state index in [0.29, 0.717) is 5.95 Å². The summed E-state index contributed by atoms with van der Waals surface area (Å²) in [5, 5.41) is 15.0. The van der Waals surface area contributed by atoms with Crippen LogP contribution in [-0.2, 0) is 6.42 Å². The summed E-state index contributed by atoms with van der Waals surface area (Å²) in [5.74, 6) is 1.29. The van der Waals surface area contributed by atoms with Crippen molar-refractivity contribution in [3.63, 3.8) is 0 Å². The Bertz CT molecular complexity index is 529. The normalized spacial score (nSPS) is 10.3. The summed E-state index contributed by atoms with van der Waals surface area (Å²) in [5.41, 5.74) is 1.22. The molecule has 1 heterocycles. The van der Waals surface area contributed by atoms with Gasteiger partial charge in [0.15, 0.2) is 0 Å². The van der Waals surface area contributed by atoms with Crippen LogP contribution in [0.3, 0.4) is 0 Å². The fourth-order valence-electron chi connectivity index (χ4n) is 1.69. The Hall–Kier alpha value is -1.88. The maximum atomic E-state index is 5.85. The number of hydrogen-bond donors (Lipinski definition) is 2. The minimum absolute atomic E-state index is 0.542. The monoisotopic (exact) mass is 291 g/mol. The lowest BCUT2D eigenvalue weighted by Crippen LogP contribution is -2.10. The van der Waals surface area contributed by atoms with Gasteiger partial charge in [-0.05, 0) is 30.5 Å². The summed E-state index contributed by atoms with van der Waals surface area (Å²) in [6.45, 7) is 3.73. The van der Waals surface area contributed by atoms with Crippen LogP contribution < -0.4 is 10.6 Å². The molecule has 2 rings (SSSR count). The molecule has 0 radical (unpaired) electrons. The number of nitrogens with one attached hydrogen (secondary N) is 2. The highest BCUT2D eigenvalue weighted by molar-refractivity contribution is 6.30. The Kier molecular flexibility index (Phi) is 5.55. The lowest BCUT2D eigenvalue weighted by Gasteiger charge is -2.07. The lowest BCUT2D eigenvalue weighted by molar-refractivity contribution is 0.909. The number of benzene rings is 1. The van der Waals surface area contributed by atoms with Crippen molar-refractivity contribution in [1.29, 1.82) is 0 Å². The molecule has 1 aromatic carbocycles. The molecule has 0 unspecified atom stereocenters. The second-order valence-electron chi connectivity index (χ2n) is 4.40. The molecule has 0 aliphatic carbocycles. The van der Waals surface area contributed by atoms with E-state index >= 15 is 0 Å². The summed E-state index contributed by atoms with van der Waals surface area (Å²) >= 11 is 5.85. The molecule has 0 spiro atoms. The molecule has 0 saturated carbocycles. The molecule has 2 N–H and O–H groups in total. The smallest absolute Gasteiger partial charge is 0.244 e. The maximum Gasteiger partial charge on any atom is 0.244 e. The third-order valence-corrected chi connectivity index (χ3v) is 2.98. The molecule has 0 amide bonds. The average molecular weight is 292 g/mol. The van der Waals surface area contributed by atoms with E-state index in [1.54, 1.807) is 6.20 Å². The minimum Gasteiger partial charge on any atom is -0.369 e. The predicted octanol–water partition coefficient (Wildman–Crippen LogP) is 3.00. The number of anilines is 2. The molecule has 0 aliphatic heterocycles. The first-order chi connectivity index (χ1) is 9.78. The molecular formula is C14H18ClN5. The standard InChI is InChI=1S/C14H18ClN5/c1-2-8-16-13-10-18-20-14(19-13)17-9-7-11-3-5-12(15)6-4-11/h3-6,10H,2,7-9H2,1H3,(H2,16,17,19,20). The van der Waals surface area contributed by atoms with Gasteiger partial charge in [-0.2, -0.15) is 10.1 Å². The average Bonchev–Trinajstić information content (AvgIpc) is 2.48. The molecule has 0 fully saturated rings. The van der Waals surface area contributed by atoms with Crippen LogP contribution >= 0.6 is 11.6 Å². The Balaban J connectivity index is 1.82. The fraction of sp³-hybridized carbons (Fsp3) is 0.357. The van der Waals surface area contributed by atoms with E-state index in [1.807, 2.05) is 24.3 Å². The van der Waals surface area contributed by atoms with E-state index in [0.717, 1.165) is 36.8 Å². The van der Waals surface area contributed by atoms with Crippen LogP contribution in [0.4, 0.5) is 11.8 Å². The second kappa shape index (κ2) is 7.65. The van der Waals surface area contributed by atoms with Gasteiger partial charge in [0.2, 0.25) is 5.95 Å². The third kappa shape index (κ3) is 4.66. The highest BCUT2D eigenvalue weighted by Gasteiger charge is 2.00. The summed E-state index contributed by atoms with van der Waals surface area (Å²) in [4.78, 5) is 4.34. The quantitative estimate of drug-likeness (QED) is 0.821. The van der Waals surface area contributed by atoms with Crippen LogP contribution in [0.15, 0.2) is 30.5 Å². The van der Waals surface area contributed by atoms with Gasteiger partial charge in [0, 0.05) is 18.1 Å². The number of aromatic nitrogens is 3. The van der Waals surface area contributed by atoms with E-state index in [4.69, 9.17) is 11.6 Å². The van der Waals surface area contributed by atoms with Crippen molar-refractivity contribution < 1.29 is 0 Å².